The van der Waals surface area contributed by atoms with Crippen molar-refractivity contribution < 1.29 is 82.8 Å². The number of thiol groups is 2. The van der Waals surface area contributed by atoms with Gasteiger partial charge in [-0.05, 0) is 56.9 Å². The largest absolute Gasteiger partial charge is 0.480 e. The van der Waals surface area contributed by atoms with Crippen molar-refractivity contribution in [3.8, 4) is 0 Å². The van der Waals surface area contributed by atoms with Gasteiger partial charge in [0.15, 0.2) is 0 Å². The quantitative estimate of drug-likeness (QED) is 0.0286. The van der Waals surface area contributed by atoms with Gasteiger partial charge in [-0.3, -0.25) is 57.5 Å². The van der Waals surface area contributed by atoms with Gasteiger partial charge in [-0.25, -0.2) is 4.79 Å². The summed E-state index contributed by atoms with van der Waals surface area (Å²) >= 11 is 8.25. The molecule has 32 heteroatoms. The zero-order valence-electron chi connectivity index (χ0n) is 49.0. The van der Waals surface area contributed by atoms with Gasteiger partial charge in [0.25, 0.3) is 0 Å². The van der Waals surface area contributed by atoms with Crippen molar-refractivity contribution in [2.45, 2.75) is 172 Å². The Hall–Kier alpha value is -7.13. The van der Waals surface area contributed by atoms with Crippen LogP contribution in [-0.2, 0) is 68.7 Å². The number of carbonyl (C=O) groups is 13. The number of aliphatic hydroxyl groups excluding tert-OH is 3. The monoisotopic (exact) mass is 1250 g/mol. The van der Waals surface area contributed by atoms with Crippen LogP contribution in [0.4, 0.5) is 0 Å². The Morgan fingerprint density at radius 3 is 1.51 bits per heavy atom. The molecular weight excluding hydrogens is 1170 g/mol. The van der Waals surface area contributed by atoms with Crippen LogP contribution in [0.25, 0.3) is 0 Å². The van der Waals surface area contributed by atoms with E-state index in [0.29, 0.717) is 31.2 Å². The molecule has 2 saturated heterocycles. The number of nitrogens with zero attached hydrogens (tertiary/aromatic N) is 2. The number of benzene rings is 1. The summed E-state index contributed by atoms with van der Waals surface area (Å²) in [5, 5.41) is 62.7. The number of rotatable bonds is 34. The minimum Gasteiger partial charge on any atom is -0.480 e. The number of hydrogen-bond acceptors (Lipinski definition) is 19. The van der Waals surface area contributed by atoms with Crippen LogP contribution in [-0.4, -0.2) is 223 Å². The van der Waals surface area contributed by atoms with E-state index in [4.69, 9.17) is 11.5 Å². The van der Waals surface area contributed by atoms with E-state index in [1.807, 2.05) is 0 Å². The van der Waals surface area contributed by atoms with Crippen molar-refractivity contribution in [3.05, 3.63) is 35.9 Å². The zero-order valence-corrected chi connectivity index (χ0v) is 50.8. The molecular formula is C54H85N13O17S2. The molecule has 3 rings (SSSR count). The predicted molar refractivity (Wildman–Crippen MR) is 315 cm³/mol. The number of carbonyl (C=O) groups excluding carboxylic acids is 12. The molecule has 12 amide bonds. The summed E-state index contributed by atoms with van der Waals surface area (Å²) in [5.74, 6) is -14.1. The second-order valence-corrected chi connectivity index (χ2v) is 22.1. The zero-order chi connectivity index (χ0) is 64.7. The van der Waals surface area contributed by atoms with Crippen LogP contribution in [0.5, 0.6) is 0 Å². The second-order valence-electron chi connectivity index (χ2n) is 21.4. The van der Waals surface area contributed by atoms with Crippen molar-refractivity contribution >= 4 is 102 Å². The van der Waals surface area contributed by atoms with E-state index in [9.17, 15) is 82.8 Å². The summed E-state index contributed by atoms with van der Waals surface area (Å²) in [6.07, 6.45) is -2.24. The van der Waals surface area contributed by atoms with Crippen LogP contribution in [0.3, 0.4) is 0 Å². The number of aliphatic hydroxyl groups is 3. The van der Waals surface area contributed by atoms with Crippen LogP contribution in [0, 0.1) is 11.8 Å². The summed E-state index contributed by atoms with van der Waals surface area (Å²) < 4.78 is 0. The number of primary amides is 1. The predicted octanol–water partition coefficient (Wildman–Crippen LogP) is -5.80. The fourth-order valence-electron chi connectivity index (χ4n) is 9.52. The maximum absolute atomic E-state index is 14.7. The van der Waals surface area contributed by atoms with E-state index in [-0.39, 0.29) is 43.9 Å². The van der Waals surface area contributed by atoms with Crippen LogP contribution in [0.2, 0.25) is 0 Å². The van der Waals surface area contributed by atoms with Crippen molar-refractivity contribution in [2.75, 3.05) is 37.7 Å². The lowest BCUT2D eigenvalue weighted by Gasteiger charge is -2.35. The fourth-order valence-corrected chi connectivity index (χ4v) is 10.0. The highest BCUT2D eigenvalue weighted by molar-refractivity contribution is 7.80. The minimum atomic E-state index is -1.78. The number of amides is 12. The molecule has 2 heterocycles. The van der Waals surface area contributed by atoms with Gasteiger partial charge >= 0.3 is 5.97 Å². The molecule has 30 nitrogen and oxygen atoms in total. The highest BCUT2D eigenvalue weighted by Crippen LogP contribution is 2.27. The fraction of sp³-hybridized carbons (Fsp3) is 0.648. The average Bonchev–Trinajstić information content (AvgIpc) is 2.63. The molecule has 0 saturated carbocycles. The van der Waals surface area contributed by atoms with Crippen molar-refractivity contribution in [2.24, 2.45) is 23.3 Å². The van der Waals surface area contributed by atoms with E-state index in [0.717, 1.165) is 6.92 Å². The Balaban J connectivity index is 1.81. The molecule has 1 aromatic rings. The van der Waals surface area contributed by atoms with E-state index >= 15 is 0 Å². The van der Waals surface area contributed by atoms with Gasteiger partial charge in [-0.1, -0.05) is 70.9 Å². The van der Waals surface area contributed by atoms with Gasteiger partial charge in [-0.15, -0.1) is 0 Å². The molecule has 2 aliphatic rings. The Bertz CT molecular complexity index is 2570. The van der Waals surface area contributed by atoms with E-state index in [1.54, 1.807) is 58.0 Å². The summed E-state index contributed by atoms with van der Waals surface area (Å²) in [5.41, 5.74) is 10.9. The molecule has 15 atom stereocenters. The Kier molecular flexibility index (Phi) is 30.2. The number of carboxylic acids is 1. The first-order chi connectivity index (χ1) is 40.6. The molecule has 0 aliphatic carbocycles. The van der Waals surface area contributed by atoms with Gasteiger partial charge in [0.05, 0.1) is 31.8 Å². The minimum absolute atomic E-state index is 0.0752. The maximum Gasteiger partial charge on any atom is 0.326 e. The van der Waals surface area contributed by atoms with Crippen LogP contribution in [0.15, 0.2) is 30.3 Å². The molecule has 17 N–H and O–H groups in total. The molecule has 1 aromatic carbocycles. The van der Waals surface area contributed by atoms with Crippen molar-refractivity contribution in [3.63, 3.8) is 0 Å². The number of carboxylic acid groups (broad SMARTS) is 1. The molecule has 0 aromatic heterocycles. The highest BCUT2D eigenvalue weighted by atomic mass is 32.1. The highest BCUT2D eigenvalue weighted by Gasteiger charge is 2.46. The summed E-state index contributed by atoms with van der Waals surface area (Å²) in [6, 6.07) is -7.76. The Morgan fingerprint density at radius 1 is 0.570 bits per heavy atom. The summed E-state index contributed by atoms with van der Waals surface area (Å²) in [6.45, 7) is 7.85. The van der Waals surface area contributed by atoms with Gasteiger partial charge in [0.1, 0.15) is 66.5 Å². The molecule has 480 valence electrons. The second kappa shape index (κ2) is 35.5. The van der Waals surface area contributed by atoms with E-state index in [1.165, 1.54) is 16.7 Å². The summed E-state index contributed by atoms with van der Waals surface area (Å²) in [7, 11) is 0. The van der Waals surface area contributed by atoms with Gasteiger partial charge < -0.3 is 89.5 Å². The van der Waals surface area contributed by atoms with E-state index < -0.39 is 187 Å². The lowest BCUT2D eigenvalue weighted by atomic mass is 9.96. The van der Waals surface area contributed by atoms with Gasteiger partial charge in [-0.2, -0.15) is 25.3 Å². The molecule has 0 radical (unpaired) electrons. The first-order valence-corrected chi connectivity index (χ1v) is 29.6. The first kappa shape index (κ1) is 73.1. The third-order valence-corrected chi connectivity index (χ3v) is 15.7. The number of nitrogens with one attached hydrogen (secondary N) is 9. The molecule has 86 heavy (non-hydrogen) atoms. The molecule has 0 spiro atoms. The summed E-state index contributed by atoms with van der Waals surface area (Å²) in [4.78, 5) is 177. The topological polar surface area (TPSA) is 470 Å². The average molecular weight is 1250 g/mol. The van der Waals surface area contributed by atoms with Gasteiger partial charge in [0, 0.05) is 31.0 Å². The van der Waals surface area contributed by atoms with Crippen LogP contribution in [0.1, 0.15) is 92.1 Å². The van der Waals surface area contributed by atoms with Crippen molar-refractivity contribution in [1.29, 1.82) is 0 Å². The smallest absolute Gasteiger partial charge is 0.326 e. The van der Waals surface area contributed by atoms with Crippen molar-refractivity contribution in [1.82, 2.24) is 57.7 Å². The lowest BCUT2D eigenvalue weighted by Crippen LogP contribution is -2.63. The number of hydrogen-bond donors (Lipinski definition) is 17. The Labute approximate surface area is 509 Å². The van der Waals surface area contributed by atoms with E-state index in [2.05, 4.69) is 73.1 Å². The molecule has 2 fully saturated rings. The number of aliphatic carboxylic acids is 1. The van der Waals surface area contributed by atoms with Crippen LogP contribution < -0.4 is 59.3 Å². The number of nitrogens with two attached hydrogens (primary N) is 2. The van der Waals surface area contributed by atoms with Gasteiger partial charge in [0.2, 0.25) is 70.9 Å². The SMILES string of the molecule is CC[C@H](C)[C@H](NC(=O)[C@@H]1CCCN1C(=O)[C@@H]1CCCN1C(=O)[C@@H](NC(=O)[C@H](CO)NC(=O)[C@H](Cc1ccccc1)NC(=O)[C@@H](NC(=O)[C@H](CS)NC(=O)[C@@H](NC(=O)CN)[C@@H](C)O)[C@@H](C)O)[C@@H](C)CC)C(=O)N[C@@H](CS)C(=O)N[C@@H](CC(N)=O)C(=O)O. The number of likely N-dealkylation sites (tertiary alicyclic amines) is 2. The normalized spacial score (nSPS) is 19.3. The lowest BCUT2D eigenvalue weighted by molar-refractivity contribution is -0.149. The molecule has 0 unspecified atom stereocenters. The Morgan fingerprint density at radius 2 is 1.01 bits per heavy atom. The third kappa shape index (κ3) is 21.1. The molecule has 0 bridgehead atoms. The first-order valence-electron chi connectivity index (χ1n) is 28.4. The molecule has 2 aliphatic heterocycles. The van der Waals surface area contributed by atoms with Crippen LogP contribution >= 0.6 is 25.3 Å². The third-order valence-electron chi connectivity index (χ3n) is 14.9. The maximum atomic E-state index is 14.7. The standard InChI is InChI=1S/C54H85N13O17S2/c1-7-26(3)40(49(78)60-34(24-85)46(75)58-32(54(83)84)21-38(56)71)63-48(77)36-16-12-18-66(36)52(81)37-17-13-19-67(37)53(82)41(27(4)8-2)64-45(74)33(23-68)59-44(73)31(20-30-14-10-9-11-15-30)57-51(80)43(29(6)70)65-47(76)35(25-86)61-50(79)42(28(5)69)62-39(72)22-55/h9-11,14-15,26-29,31-37,40-43,68-70,85-86H,7-8,12-13,16-25,55H2,1-6H3,(H2,56,71)(H,57,80)(H,58,75)(H,59,73)(H,60,78)(H,61,79)(H,62,72)(H,63,77)(H,64,74)(H,65,76)(H,83,84)/t26-,27-,28+,29+,31-,32-,33-,34-,35-,36-,37-,40-,41-,42-,43-/m0/s1.